The molecule has 84 valence electrons. The highest BCUT2D eigenvalue weighted by Gasteiger charge is 2.24. The van der Waals surface area contributed by atoms with Gasteiger partial charge in [0.15, 0.2) is 0 Å². The zero-order chi connectivity index (χ0) is 10.8. The van der Waals surface area contributed by atoms with Crippen LogP contribution in [0.2, 0.25) is 0 Å². The van der Waals surface area contributed by atoms with Gasteiger partial charge in [-0.3, -0.25) is 0 Å². The van der Waals surface area contributed by atoms with E-state index < -0.39 is 0 Å². The summed E-state index contributed by atoms with van der Waals surface area (Å²) in [5, 5.41) is 0. The molecule has 2 heteroatoms. The molecule has 0 aromatic rings. The summed E-state index contributed by atoms with van der Waals surface area (Å²) >= 11 is 0. The second kappa shape index (κ2) is 4.38. The van der Waals surface area contributed by atoms with Crippen LogP contribution in [0.4, 0.5) is 4.39 Å². The average molecular weight is 210 g/mol. The molecule has 0 aliphatic heterocycles. The molecule has 1 nitrogen and oxygen atoms in total. The molecule has 2 rings (SSSR count). The Morgan fingerprint density at radius 1 is 1.40 bits per heavy atom. The molecule has 1 fully saturated rings. The normalized spacial score (nSPS) is 22.0. The van der Waals surface area contributed by atoms with Crippen molar-refractivity contribution < 1.29 is 9.13 Å². The van der Waals surface area contributed by atoms with Crippen molar-refractivity contribution in [1.29, 1.82) is 0 Å². The minimum atomic E-state index is -0.0369. The fraction of sp³-hybridized carbons (Fsp3) is 0.692. The van der Waals surface area contributed by atoms with Crippen LogP contribution in [-0.2, 0) is 4.74 Å². The van der Waals surface area contributed by atoms with Crippen LogP contribution in [0, 0.1) is 11.8 Å². The molecular weight excluding hydrogens is 191 g/mol. The van der Waals surface area contributed by atoms with Gasteiger partial charge in [-0.1, -0.05) is 13.8 Å². The van der Waals surface area contributed by atoms with E-state index in [0.717, 1.165) is 24.7 Å². The van der Waals surface area contributed by atoms with E-state index in [0.29, 0.717) is 12.3 Å². The quantitative estimate of drug-likeness (QED) is 0.682. The van der Waals surface area contributed by atoms with E-state index in [1.165, 1.54) is 18.4 Å². The molecular formula is C13H19FO. The Morgan fingerprint density at radius 3 is 2.73 bits per heavy atom. The molecule has 0 amide bonds. The highest BCUT2D eigenvalue weighted by Crippen LogP contribution is 2.33. The zero-order valence-electron chi connectivity index (χ0n) is 9.55. The molecule has 0 aromatic carbocycles. The molecule has 2 aliphatic carbocycles. The van der Waals surface area contributed by atoms with Crippen LogP contribution in [-0.4, -0.2) is 6.61 Å². The molecule has 0 radical (unpaired) electrons. The monoisotopic (exact) mass is 210 g/mol. The Kier molecular flexibility index (Phi) is 3.13. The van der Waals surface area contributed by atoms with E-state index >= 15 is 0 Å². The first kappa shape index (κ1) is 10.7. The first-order valence-electron chi connectivity index (χ1n) is 5.88. The Labute approximate surface area is 91.0 Å². The van der Waals surface area contributed by atoms with Gasteiger partial charge in [0.05, 0.1) is 6.61 Å². The van der Waals surface area contributed by atoms with E-state index in [9.17, 15) is 4.39 Å². The maximum Gasteiger partial charge on any atom is 0.121 e. The van der Waals surface area contributed by atoms with Gasteiger partial charge in [0.1, 0.15) is 11.6 Å². The van der Waals surface area contributed by atoms with Crippen molar-refractivity contribution in [2.24, 2.45) is 11.8 Å². The summed E-state index contributed by atoms with van der Waals surface area (Å²) in [6.07, 6.45) is 5.50. The number of ether oxygens (including phenoxy) is 1. The SMILES string of the molecule is CC(C)C1=C(OCC2CC2)C=C(F)CC1. The molecule has 0 heterocycles. The molecule has 0 saturated heterocycles. The van der Waals surface area contributed by atoms with Gasteiger partial charge in [0.25, 0.3) is 0 Å². The van der Waals surface area contributed by atoms with Crippen LogP contribution < -0.4 is 0 Å². The number of halogens is 1. The minimum absolute atomic E-state index is 0.0369. The smallest absolute Gasteiger partial charge is 0.121 e. The zero-order valence-corrected chi connectivity index (χ0v) is 9.55. The lowest BCUT2D eigenvalue weighted by Gasteiger charge is -2.20. The highest BCUT2D eigenvalue weighted by atomic mass is 19.1. The predicted molar refractivity (Wildman–Crippen MR) is 59.0 cm³/mol. The van der Waals surface area contributed by atoms with Gasteiger partial charge in [-0.05, 0) is 36.7 Å². The summed E-state index contributed by atoms with van der Waals surface area (Å²) < 4.78 is 18.9. The minimum Gasteiger partial charge on any atom is -0.493 e. The molecule has 1 saturated carbocycles. The van der Waals surface area contributed by atoms with Crippen LogP contribution in [0.3, 0.4) is 0 Å². The number of rotatable bonds is 4. The van der Waals surface area contributed by atoms with Gasteiger partial charge in [0, 0.05) is 12.5 Å². The van der Waals surface area contributed by atoms with Gasteiger partial charge in [-0.15, -0.1) is 0 Å². The van der Waals surface area contributed by atoms with Crippen LogP contribution >= 0.6 is 0 Å². The molecule has 0 spiro atoms. The number of allylic oxidation sites excluding steroid dienone is 3. The van der Waals surface area contributed by atoms with Gasteiger partial charge in [0.2, 0.25) is 0 Å². The predicted octanol–water partition coefficient (Wildman–Crippen LogP) is 3.97. The Bertz CT molecular complexity index is 298. The topological polar surface area (TPSA) is 9.23 Å². The summed E-state index contributed by atoms with van der Waals surface area (Å²) in [6.45, 7) is 5.06. The Balaban J connectivity index is 2.05. The van der Waals surface area contributed by atoms with E-state index in [4.69, 9.17) is 4.74 Å². The largest absolute Gasteiger partial charge is 0.493 e. The van der Waals surface area contributed by atoms with E-state index in [2.05, 4.69) is 13.8 Å². The van der Waals surface area contributed by atoms with Crippen molar-refractivity contribution in [3.05, 3.63) is 23.2 Å². The molecule has 15 heavy (non-hydrogen) atoms. The molecule has 0 aromatic heterocycles. The Morgan fingerprint density at radius 2 is 2.13 bits per heavy atom. The third kappa shape index (κ3) is 2.83. The first-order chi connectivity index (χ1) is 7.16. The second-order valence-corrected chi connectivity index (χ2v) is 4.89. The van der Waals surface area contributed by atoms with Crippen LogP contribution in [0.5, 0.6) is 0 Å². The van der Waals surface area contributed by atoms with Gasteiger partial charge < -0.3 is 4.74 Å². The fourth-order valence-corrected chi connectivity index (χ4v) is 1.88. The van der Waals surface area contributed by atoms with Gasteiger partial charge >= 0.3 is 0 Å². The average Bonchev–Trinajstić information content (AvgIpc) is 2.97. The summed E-state index contributed by atoms with van der Waals surface area (Å²) in [5.74, 6) is 1.96. The van der Waals surface area contributed by atoms with Gasteiger partial charge in [-0.25, -0.2) is 4.39 Å². The van der Waals surface area contributed by atoms with E-state index in [1.807, 2.05) is 0 Å². The van der Waals surface area contributed by atoms with Crippen molar-refractivity contribution in [3.8, 4) is 0 Å². The Hall–Kier alpha value is -0.790. The third-order valence-corrected chi connectivity index (χ3v) is 3.11. The summed E-state index contributed by atoms with van der Waals surface area (Å²) in [7, 11) is 0. The fourth-order valence-electron chi connectivity index (χ4n) is 1.88. The summed E-state index contributed by atoms with van der Waals surface area (Å²) in [5.41, 5.74) is 1.28. The van der Waals surface area contributed by atoms with Crippen molar-refractivity contribution >= 4 is 0 Å². The van der Waals surface area contributed by atoms with E-state index in [-0.39, 0.29) is 5.83 Å². The van der Waals surface area contributed by atoms with Crippen molar-refractivity contribution in [1.82, 2.24) is 0 Å². The maximum atomic E-state index is 13.2. The highest BCUT2D eigenvalue weighted by molar-refractivity contribution is 5.28. The van der Waals surface area contributed by atoms with Crippen molar-refractivity contribution in [3.63, 3.8) is 0 Å². The standard InChI is InChI=1S/C13H19FO/c1-9(2)12-6-5-11(14)7-13(12)15-8-10-3-4-10/h7,9-10H,3-6,8H2,1-2H3. The lowest BCUT2D eigenvalue weighted by atomic mass is 9.93. The molecule has 0 bridgehead atoms. The molecule has 0 N–H and O–H groups in total. The van der Waals surface area contributed by atoms with Crippen LogP contribution in [0.1, 0.15) is 39.5 Å². The lowest BCUT2D eigenvalue weighted by molar-refractivity contribution is 0.201. The summed E-state index contributed by atoms with van der Waals surface area (Å²) in [4.78, 5) is 0. The van der Waals surface area contributed by atoms with E-state index in [1.54, 1.807) is 6.08 Å². The lowest BCUT2D eigenvalue weighted by Crippen LogP contribution is -2.07. The van der Waals surface area contributed by atoms with Crippen LogP contribution in [0.25, 0.3) is 0 Å². The number of hydrogen-bond donors (Lipinski definition) is 0. The van der Waals surface area contributed by atoms with Crippen molar-refractivity contribution in [2.75, 3.05) is 6.61 Å². The van der Waals surface area contributed by atoms with Crippen LogP contribution in [0.15, 0.2) is 23.2 Å². The maximum absolute atomic E-state index is 13.2. The first-order valence-corrected chi connectivity index (χ1v) is 5.88. The second-order valence-electron chi connectivity index (χ2n) is 4.89. The molecule has 0 atom stereocenters. The van der Waals surface area contributed by atoms with Gasteiger partial charge in [-0.2, -0.15) is 0 Å². The molecule has 0 unspecified atom stereocenters. The summed E-state index contributed by atoms with van der Waals surface area (Å²) in [6, 6.07) is 0. The van der Waals surface area contributed by atoms with Crippen molar-refractivity contribution in [2.45, 2.75) is 39.5 Å². The number of hydrogen-bond acceptors (Lipinski definition) is 1. The third-order valence-electron chi connectivity index (χ3n) is 3.11. The molecule has 2 aliphatic rings.